The Bertz CT molecular complexity index is 734. The molecule has 0 aromatic heterocycles. The van der Waals surface area contributed by atoms with Gasteiger partial charge in [-0.3, -0.25) is 0 Å². The third-order valence-electron chi connectivity index (χ3n) is 2.58. The van der Waals surface area contributed by atoms with Gasteiger partial charge in [-0.1, -0.05) is 0 Å². The zero-order chi connectivity index (χ0) is 16.5. The van der Waals surface area contributed by atoms with E-state index in [-0.39, 0.29) is 11.4 Å². The highest BCUT2D eigenvalue weighted by Crippen LogP contribution is 2.20. The number of rotatable bonds is 2. The maximum absolute atomic E-state index is 12.8. The molecule has 0 saturated carbocycles. The Balaban J connectivity index is 0.000000220. The van der Waals surface area contributed by atoms with Crippen molar-refractivity contribution in [3.8, 4) is 12.1 Å². The van der Waals surface area contributed by atoms with Crippen molar-refractivity contribution in [1.29, 1.82) is 10.5 Å². The summed E-state index contributed by atoms with van der Waals surface area (Å²) in [6.07, 6.45) is 3.68. The summed E-state index contributed by atoms with van der Waals surface area (Å²) in [6, 6.07) is 12.5. The van der Waals surface area contributed by atoms with E-state index < -0.39 is 5.82 Å². The van der Waals surface area contributed by atoms with Crippen molar-refractivity contribution in [2.75, 3.05) is 12.5 Å². The minimum atomic E-state index is -0.445. The lowest BCUT2D eigenvalue weighted by Gasteiger charge is -1.97. The molecule has 2 nitrogen and oxygen atoms in total. The van der Waals surface area contributed by atoms with Crippen LogP contribution >= 0.6 is 23.5 Å². The predicted octanol–water partition coefficient (Wildman–Crippen LogP) is 4.84. The van der Waals surface area contributed by atoms with Crippen molar-refractivity contribution in [3.05, 3.63) is 59.2 Å². The van der Waals surface area contributed by atoms with E-state index in [1.807, 2.05) is 18.6 Å². The number of hydrogen-bond acceptors (Lipinski definition) is 4. The van der Waals surface area contributed by atoms with Crippen molar-refractivity contribution in [1.82, 2.24) is 0 Å². The average Bonchev–Trinajstić information content (AvgIpc) is 2.55. The molecule has 0 atom stereocenters. The molecule has 0 amide bonds. The van der Waals surface area contributed by atoms with Crippen LogP contribution in [0.5, 0.6) is 0 Å². The second kappa shape index (κ2) is 9.09. The van der Waals surface area contributed by atoms with E-state index in [1.165, 1.54) is 53.9 Å². The zero-order valence-electron chi connectivity index (χ0n) is 11.9. The second-order valence-corrected chi connectivity index (χ2v) is 5.64. The first kappa shape index (κ1) is 18.0. The first-order valence-corrected chi connectivity index (χ1v) is 8.48. The molecule has 0 radical (unpaired) electrons. The smallest absolute Gasteiger partial charge is 0.142 e. The summed E-state index contributed by atoms with van der Waals surface area (Å²) in [5.74, 6) is -0.743. The van der Waals surface area contributed by atoms with Crippen molar-refractivity contribution in [2.24, 2.45) is 0 Å². The Labute approximate surface area is 136 Å². The number of halogens is 2. The molecule has 2 aromatic carbocycles. The molecule has 0 bridgehead atoms. The Morgan fingerprint density at radius 1 is 0.864 bits per heavy atom. The average molecular weight is 334 g/mol. The molecule has 0 heterocycles. The molecule has 0 saturated heterocycles. The third kappa shape index (κ3) is 5.07. The van der Waals surface area contributed by atoms with Crippen LogP contribution in [-0.2, 0) is 0 Å². The topological polar surface area (TPSA) is 47.6 Å². The number of benzene rings is 2. The lowest BCUT2D eigenvalue weighted by atomic mass is 10.2. The van der Waals surface area contributed by atoms with Crippen LogP contribution in [0.2, 0.25) is 0 Å². The van der Waals surface area contributed by atoms with Crippen molar-refractivity contribution >= 4 is 23.5 Å². The van der Waals surface area contributed by atoms with Crippen molar-refractivity contribution < 1.29 is 8.78 Å². The Kier molecular flexibility index (Phi) is 7.45. The Morgan fingerprint density at radius 3 is 2.00 bits per heavy atom. The molecule has 6 heteroatoms. The number of hydrogen-bond donors (Lipinski definition) is 0. The molecule has 0 aliphatic heterocycles. The van der Waals surface area contributed by atoms with Crippen LogP contribution in [0.4, 0.5) is 8.78 Å². The standard InChI is InChI=1S/2C8H6FNS/c1-11-7-3-2-6(5-10)8(9)4-7;1-11-8-4-7(9)3-2-6(8)5-10/h2*2-4H,1H3. The summed E-state index contributed by atoms with van der Waals surface area (Å²) < 4.78 is 25.3. The second-order valence-electron chi connectivity index (χ2n) is 3.91. The largest absolute Gasteiger partial charge is 0.207 e. The number of nitriles is 2. The minimum absolute atomic E-state index is 0.0998. The molecule has 2 aromatic rings. The molecule has 0 aliphatic carbocycles. The summed E-state index contributed by atoms with van der Waals surface area (Å²) in [6.45, 7) is 0. The van der Waals surface area contributed by atoms with E-state index >= 15 is 0 Å². The normalized spacial score (nSPS) is 9.18. The molecular weight excluding hydrogens is 322 g/mol. The molecule has 0 fully saturated rings. The van der Waals surface area contributed by atoms with Gasteiger partial charge in [0.1, 0.15) is 23.8 Å². The van der Waals surface area contributed by atoms with Gasteiger partial charge >= 0.3 is 0 Å². The summed E-state index contributed by atoms with van der Waals surface area (Å²) >= 11 is 2.82. The van der Waals surface area contributed by atoms with E-state index in [9.17, 15) is 8.78 Å². The van der Waals surface area contributed by atoms with E-state index in [2.05, 4.69) is 0 Å². The molecule has 0 unspecified atom stereocenters. The molecule has 0 spiro atoms. The van der Waals surface area contributed by atoms with Crippen LogP contribution in [0.1, 0.15) is 11.1 Å². The molecule has 0 aliphatic rings. The summed E-state index contributed by atoms with van der Waals surface area (Å²) in [4.78, 5) is 1.52. The highest BCUT2D eigenvalue weighted by Gasteiger charge is 2.01. The minimum Gasteiger partial charge on any atom is -0.207 e. The fraction of sp³-hybridized carbons (Fsp3) is 0.125. The van der Waals surface area contributed by atoms with Crippen molar-refractivity contribution in [3.63, 3.8) is 0 Å². The lowest BCUT2D eigenvalue weighted by molar-refractivity contribution is 0.620. The number of thioether (sulfide) groups is 2. The van der Waals surface area contributed by atoms with E-state index in [0.29, 0.717) is 10.5 Å². The molecule has 22 heavy (non-hydrogen) atoms. The van der Waals surface area contributed by atoms with Gasteiger partial charge in [0.05, 0.1) is 11.1 Å². The van der Waals surface area contributed by atoms with Crippen LogP contribution < -0.4 is 0 Å². The fourth-order valence-corrected chi connectivity index (χ4v) is 2.46. The van der Waals surface area contributed by atoms with Crippen molar-refractivity contribution in [2.45, 2.75) is 9.79 Å². The van der Waals surface area contributed by atoms with Gasteiger partial charge in [-0.25, -0.2) is 8.78 Å². The Morgan fingerprint density at radius 2 is 1.50 bits per heavy atom. The highest BCUT2D eigenvalue weighted by molar-refractivity contribution is 7.98. The van der Waals surface area contributed by atoms with Gasteiger partial charge in [0.2, 0.25) is 0 Å². The monoisotopic (exact) mass is 334 g/mol. The van der Waals surface area contributed by atoms with Crippen LogP contribution in [0.25, 0.3) is 0 Å². The highest BCUT2D eigenvalue weighted by atomic mass is 32.2. The lowest BCUT2D eigenvalue weighted by Crippen LogP contribution is -1.82. The quantitative estimate of drug-likeness (QED) is 0.737. The number of nitrogens with zero attached hydrogens (tertiary/aromatic N) is 2. The maximum atomic E-state index is 12.8. The fourth-order valence-electron chi connectivity index (χ4n) is 1.47. The van der Waals surface area contributed by atoms with Crippen LogP contribution in [0.3, 0.4) is 0 Å². The van der Waals surface area contributed by atoms with Gasteiger partial charge in [0.25, 0.3) is 0 Å². The van der Waals surface area contributed by atoms with Gasteiger partial charge in [-0.2, -0.15) is 10.5 Å². The molecule has 112 valence electrons. The SMILES string of the molecule is CSc1cc(F)ccc1C#N.CSc1ccc(C#N)c(F)c1. The molecular formula is C16H12F2N2S2. The maximum Gasteiger partial charge on any atom is 0.142 e. The van der Waals surface area contributed by atoms with Gasteiger partial charge in [-0.15, -0.1) is 23.5 Å². The van der Waals surface area contributed by atoms with Gasteiger partial charge in [0.15, 0.2) is 0 Å². The third-order valence-corrected chi connectivity index (χ3v) is 4.08. The van der Waals surface area contributed by atoms with Crippen LogP contribution in [0, 0.1) is 34.3 Å². The van der Waals surface area contributed by atoms with E-state index in [1.54, 1.807) is 12.1 Å². The Hall–Kier alpha value is -2.02. The van der Waals surface area contributed by atoms with Gasteiger partial charge in [-0.05, 0) is 48.9 Å². The zero-order valence-corrected chi connectivity index (χ0v) is 13.6. The molecule has 0 N–H and O–H groups in total. The van der Waals surface area contributed by atoms with Gasteiger partial charge < -0.3 is 0 Å². The summed E-state index contributed by atoms with van der Waals surface area (Å²) in [5, 5.41) is 16.9. The van der Waals surface area contributed by atoms with E-state index in [4.69, 9.17) is 10.5 Å². The first-order chi connectivity index (χ1) is 10.5. The first-order valence-electron chi connectivity index (χ1n) is 6.03. The summed E-state index contributed by atoms with van der Waals surface area (Å²) in [5.41, 5.74) is 0.627. The van der Waals surface area contributed by atoms with E-state index in [0.717, 1.165) is 4.90 Å². The molecule has 2 rings (SSSR count). The van der Waals surface area contributed by atoms with Crippen LogP contribution in [0.15, 0.2) is 46.2 Å². The predicted molar refractivity (Wildman–Crippen MR) is 85.8 cm³/mol. The summed E-state index contributed by atoms with van der Waals surface area (Å²) in [7, 11) is 0. The van der Waals surface area contributed by atoms with Crippen LogP contribution in [-0.4, -0.2) is 12.5 Å². The van der Waals surface area contributed by atoms with Gasteiger partial charge in [0, 0.05) is 9.79 Å².